The van der Waals surface area contributed by atoms with E-state index in [2.05, 4.69) is 27.1 Å². The van der Waals surface area contributed by atoms with Crippen LogP contribution in [0.15, 0.2) is 55.2 Å². The van der Waals surface area contributed by atoms with Gasteiger partial charge in [0.2, 0.25) is 0 Å². The SMILES string of the molecule is O=C(c1cncnc1)N1CCCC(Cc2cnc3ccccc3c2)C1. The van der Waals surface area contributed by atoms with Crippen LogP contribution in [0.2, 0.25) is 0 Å². The fourth-order valence-electron chi connectivity index (χ4n) is 3.57. The molecule has 0 spiro atoms. The molecule has 0 radical (unpaired) electrons. The average Bonchev–Trinajstić information content (AvgIpc) is 2.68. The van der Waals surface area contributed by atoms with Gasteiger partial charge in [-0.2, -0.15) is 0 Å². The summed E-state index contributed by atoms with van der Waals surface area (Å²) in [6, 6.07) is 10.4. The first-order valence-electron chi connectivity index (χ1n) is 8.67. The number of pyridine rings is 1. The van der Waals surface area contributed by atoms with Crippen LogP contribution in [-0.2, 0) is 6.42 Å². The highest BCUT2D eigenvalue weighted by molar-refractivity contribution is 5.93. The molecule has 0 bridgehead atoms. The Labute approximate surface area is 146 Å². The maximum atomic E-state index is 12.6. The Hall–Kier alpha value is -2.82. The van der Waals surface area contributed by atoms with Crippen molar-refractivity contribution < 1.29 is 4.79 Å². The lowest BCUT2D eigenvalue weighted by atomic mass is 9.91. The van der Waals surface area contributed by atoms with Crippen molar-refractivity contribution in [2.75, 3.05) is 13.1 Å². The van der Waals surface area contributed by atoms with Crippen molar-refractivity contribution in [2.24, 2.45) is 5.92 Å². The van der Waals surface area contributed by atoms with Crippen LogP contribution in [0, 0.1) is 5.92 Å². The molecule has 0 saturated carbocycles. The molecule has 0 N–H and O–H groups in total. The molecule has 1 aliphatic heterocycles. The number of para-hydroxylation sites is 1. The van der Waals surface area contributed by atoms with Crippen molar-refractivity contribution in [1.29, 1.82) is 0 Å². The van der Waals surface area contributed by atoms with Crippen LogP contribution in [-0.4, -0.2) is 38.8 Å². The molecule has 1 aliphatic rings. The third-order valence-electron chi connectivity index (χ3n) is 4.79. The molecule has 1 unspecified atom stereocenters. The maximum absolute atomic E-state index is 12.6. The maximum Gasteiger partial charge on any atom is 0.256 e. The van der Waals surface area contributed by atoms with Crippen LogP contribution in [0.1, 0.15) is 28.8 Å². The highest BCUT2D eigenvalue weighted by atomic mass is 16.2. The van der Waals surface area contributed by atoms with Crippen LogP contribution >= 0.6 is 0 Å². The summed E-state index contributed by atoms with van der Waals surface area (Å²) in [4.78, 5) is 27.0. The zero-order chi connectivity index (χ0) is 17.1. The molecule has 3 heterocycles. The van der Waals surface area contributed by atoms with E-state index in [0.717, 1.165) is 37.9 Å². The fourth-order valence-corrected chi connectivity index (χ4v) is 3.57. The van der Waals surface area contributed by atoms with Gasteiger partial charge < -0.3 is 4.90 Å². The molecule has 0 aliphatic carbocycles. The number of amides is 1. The van der Waals surface area contributed by atoms with Gasteiger partial charge in [0.15, 0.2) is 0 Å². The molecule has 3 aromatic rings. The van der Waals surface area contributed by atoms with Crippen LogP contribution in [0.4, 0.5) is 0 Å². The number of hydrogen-bond acceptors (Lipinski definition) is 4. The van der Waals surface area contributed by atoms with Crippen LogP contribution in [0.25, 0.3) is 10.9 Å². The number of rotatable bonds is 3. The summed E-state index contributed by atoms with van der Waals surface area (Å²) in [6.07, 6.45) is 9.72. The minimum atomic E-state index is 0.0296. The van der Waals surface area contributed by atoms with E-state index in [4.69, 9.17) is 0 Å². The van der Waals surface area contributed by atoms with Crippen molar-refractivity contribution in [3.05, 3.63) is 66.4 Å². The Bertz CT molecular complexity index is 881. The van der Waals surface area contributed by atoms with Gasteiger partial charge in [-0.05, 0) is 42.9 Å². The minimum Gasteiger partial charge on any atom is -0.338 e. The quantitative estimate of drug-likeness (QED) is 0.739. The molecule has 1 amide bonds. The number of likely N-dealkylation sites (tertiary alicyclic amines) is 1. The number of carbonyl (C=O) groups excluding carboxylic acids is 1. The van der Waals surface area contributed by atoms with Gasteiger partial charge in [0, 0.05) is 37.1 Å². The van der Waals surface area contributed by atoms with E-state index in [1.807, 2.05) is 29.3 Å². The molecular formula is C20H20N4O. The molecule has 1 saturated heterocycles. The Morgan fingerprint density at radius 1 is 1.16 bits per heavy atom. The van der Waals surface area contributed by atoms with Gasteiger partial charge in [-0.1, -0.05) is 18.2 Å². The molecular weight excluding hydrogens is 312 g/mol. The Morgan fingerprint density at radius 3 is 2.88 bits per heavy atom. The van der Waals surface area contributed by atoms with E-state index in [1.165, 1.54) is 17.3 Å². The summed E-state index contributed by atoms with van der Waals surface area (Å²) >= 11 is 0. The predicted molar refractivity (Wildman–Crippen MR) is 96.1 cm³/mol. The highest BCUT2D eigenvalue weighted by Crippen LogP contribution is 2.23. The number of nitrogens with zero attached hydrogens (tertiary/aromatic N) is 4. The first kappa shape index (κ1) is 15.7. The second kappa shape index (κ2) is 6.97. The second-order valence-corrected chi connectivity index (χ2v) is 6.63. The highest BCUT2D eigenvalue weighted by Gasteiger charge is 2.25. The lowest BCUT2D eigenvalue weighted by molar-refractivity contribution is 0.0672. The number of hydrogen-bond donors (Lipinski definition) is 0. The van der Waals surface area contributed by atoms with Gasteiger partial charge in [-0.25, -0.2) is 9.97 Å². The first-order valence-corrected chi connectivity index (χ1v) is 8.67. The standard InChI is InChI=1S/C20H20N4O/c25-20(18-11-21-14-22-12-18)24-7-3-4-15(13-24)8-16-9-17-5-1-2-6-19(17)23-10-16/h1-2,5-6,9-12,14-15H,3-4,7-8,13H2. The smallest absolute Gasteiger partial charge is 0.256 e. The van der Waals surface area contributed by atoms with Gasteiger partial charge >= 0.3 is 0 Å². The van der Waals surface area contributed by atoms with Gasteiger partial charge in [-0.3, -0.25) is 9.78 Å². The number of aromatic nitrogens is 3. The number of benzene rings is 1. The Balaban J connectivity index is 1.46. The second-order valence-electron chi connectivity index (χ2n) is 6.63. The zero-order valence-electron chi connectivity index (χ0n) is 14.0. The Morgan fingerprint density at radius 2 is 2.00 bits per heavy atom. The molecule has 2 aromatic heterocycles. The normalized spacial score (nSPS) is 17.6. The summed E-state index contributed by atoms with van der Waals surface area (Å²) in [6.45, 7) is 1.58. The molecule has 126 valence electrons. The van der Waals surface area contributed by atoms with Crippen molar-refractivity contribution in [3.63, 3.8) is 0 Å². The van der Waals surface area contributed by atoms with Crippen molar-refractivity contribution in [1.82, 2.24) is 19.9 Å². The molecule has 5 heteroatoms. The lowest BCUT2D eigenvalue weighted by Gasteiger charge is -2.32. The average molecular weight is 332 g/mol. The first-order chi connectivity index (χ1) is 12.3. The van der Waals surface area contributed by atoms with Crippen molar-refractivity contribution >= 4 is 16.8 Å². The van der Waals surface area contributed by atoms with Crippen LogP contribution in [0.5, 0.6) is 0 Å². The molecule has 5 nitrogen and oxygen atoms in total. The van der Waals surface area contributed by atoms with Crippen molar-refractivity contribution in [2.45, 2.75) is 19.3 Å². The van der Waals surface area contributed by atoms with Gasteiger partial charge in [-0.15, -0.1) is 0 Å². The zero-order valence-corrected chi connectivity index (χ0v) is 14.0. The summed E-state index contributed by atoms with van der Waals surface area (Å²) in [5.74, 6) is 0.493. The van der Waals surface area contributed by atoms with E-state index in [-0.39, 0.29) is 5.91 Å². The monoisotopic (exact) mass is 332 g/mol. The van der Waals surface area contributed by atoms with Crippen LogP contribution < -0.4 is 0 Å². The third kappa shape index (κ3) is 3.50. The minimum absolute atomic E-state index is 0.0296. The molecule has 4 rings (SSSR count). The summed E-state index contributed by atoms with van der Waals surface area (Å²) in [5, 5.41) is 1.17. The van der Waals surface area contributed by atoms with Gasteiger partial charge in [0.05, 0.1) is 11.1 Å². The number of carbonyl (C=O) groups is 1. The summed E-state index contributed by atoms with van der Waals surface area (Å²) in [5.41, 5.74) is 2.83. The van der Waals surface area contributed by atoms with E-state index in [1.54, 1.807) is 12.4 Å². The van der Waals surface area contributed by atoms with E-state index < -0.39 is 0 Å². The lowest BCUT2D eigenvalue weighted by Crippen LogP contribution is -2.40. The van der Waals surface area contributed by atoms with Crippen molar-refractivity contribution in [3.8, 4) is 0 Å². The topological polar surface area (TPSA) is 59.0 Å². The summed E-state index contributed by atoms with van der Waals surface area (Å²) in [7, 11) is 0. The third-order valence-corrected chi connectivity index (χ3v) is 4.79. The van der Waals surface area contributed by atoms with E-state index in [0.29, 0.717) is 11.5 Å². The van der Waals surface area contributed by atoms with Gasteiger partial charge in [0.1, 0.15) is 6.33 Å². The molecule has 1 aromatic carbocycles. The van der Waals surface area contributed by atoms with E-state index in [9.17, 15) is 4.79 Å². The van der Waals surface area contributed by atoms with Gasteiger partial charge in [0.25, 0.3) is 5.91 Å². The molecule has 1 atom stereocenters. The van der Waals surface area contributed by atoms with Crippen LogP contribution in [0.3, 0.4) is 0 Å². The number of piperidine rings is 1. The predicted octanol–water partition coefficient (Wildman–Crippen LogP) is 3.12. The fraction of sp³-hybridized carbons (Fsp3) is 0.300. The Kier molecular flexibility index (Phi) is 4.37. The van der Waals surface area contributed by atoms with E-state index >= 15 is 0 Å². The summed E-state index contributed by atoms with van der Waals surface area (Å²) < 4.78 is 0. The largest absolute Gasteiger partial charge is 0.338 e. The molecule has 25 heavy (non-hydrogen) atoms. The number of fused-ring (bicyclic) bond motifs is 1. The molecule has 1 fully saturated rings.